The normalized spacial score (nSPS) is 16.3. The molecule has 0 aliphatic carbocycles. The molecule has 0 aromatic heterocycles. The summed E-state index contributed by atoms with van der Waals surface area (Å²) in [6, 6.07) is 7.94. The molecule has 1 aliphatic rings. The van der Waals surface area contributed by atoms with E-state index in [0.717, 1.165) is 12.0 Å². The van der Waals surface area contributed by atoms with Crippen LogP contribution in [0.5, 0.6) is 0 Å². The molecule has 0 spiro atoms. The van der Waals surface area contributed by atoms with Crippen molar-refractivity contribution < 1.29 is 13.5 Å². The first kappa shape index (κ1) is 14.5. The van der Waals surface area contributed by atoms with Crippen LogP contribution in [0.3, 0.4) is 0 Å². The van der Waals surface area contributed by atoms with Gasteiger partial charge in [0.05, 0.1) is 0 Å². The maximum atomic E-state index is 12.1. The van der Waals surface area contributed by atoms with E-state index in [1.165, 1.54) is 9.87 Å². The predicted octanol–water partition coefficient (Wildman–Crippen LogP) is 0.652. The molecule has 6 heteroatoms. The summed E-state index contributed by atoms with van der Waals surface area (Å²) in [6.07, 6.45) is 2.03. The summed E-state index contributed by atoms with van der Waals surface area (Å²) in [5.41, 5.74) is 2.31. The number of unbranched alkanes of at least 4 members (excludes halogenated alkanes) is 1. The van der Waals surface area contributed by atoms with Gasteiger partial charge < -0.3 is 5.11 Å². The van der Waals surface area contributed by atoms with Crippen LogP contribution in [-0.2, 0) is 23.2 Å². The molecule has 0 saturated carbocycles. The molecule has 0 unspecified atom stereocenters. The molecule has 106 valence electrons. The Morgan fingerprint density at radius 3 is 2.68 bits per heavy atom. The molecular formula is C13H20N2O3S. The number of hydrogen-bond acceptors (Lipinski definition) is 3. The van der Waals surface area contributed by atoms with Crippen LogP contribution in [0.1, 0.15) is 24.0 Å². The fourth-order valence-corrected chi connectivity index (χ4v) is 3.43. The van der Waals surface area contributed by atoms with Crippen molar-refractivity contribution in [2.75, 3.05) is 19.7 Å². The number of rotatable bonds is 6. The average Bonchev–Trinajstić information content (AvgIpc) is 2.43. The number of aliphatic hydroxyl groups excluding tert-OH is 1. The summed E-state index contributed by atoms with van der Waals surface area (Å²) in [5, 5.41) is 8.67. The maximum Gasteiger partial charge on any atom is 0.279 e. The van der Waals surface area contributed by atoms with Crippen LogP contribution in [-0.4, -0.2) is 37.5 Å². The largest absolute Gasteiger partial charge is 0.396 e. The van der Waals surface area contributed by atoms with Crippen LogP contribution in [0.25, 0.3) is 0 Å². The zero-order valence-corrected chi connectivity index (χ0v) is 11.7. The van der Waals surface area contributed by atoms with Gasteiger partial charge in [-0.2, -0.15) is 12.7 Å². The first-order valence-electron chi connectivity index (χ1n) is 6.56. The smallest absolute Gasteiger partial charge is 0.279 e. The van der Waals surface area contributed by atoms with E-state index in [1.54, 1.807) is 0 Å². The van der Waals surface area contributed by atoms with Gasteiger partial charge in [-0.3, -0.25) is 0 Å². The molecule has 5 nitrogen and oxygen atoms in total. The summed E-state index contributed by atoms with van der Waals surface area (Å²) in [6.45, 7) is 1.43. The average molecular weight is 284 g/mol. The minimum absolute atomic E-state index is 0.0960. The molecule has 2 N–H and O–H groups in total. The number of hydrogen-bond donors (Lipinski definition) is 2. The molecule has 1 aliphatic heterocycles. The zero-order chi connectivity index (χ0) is 13.7. The van der Waals surface area contributed by atoms with E-state index in [2.05, 4.69) is 4.72 Å². The van der Waals surface area contributed by atoms with E-state index in [1.807, 2.05) is 24.3 Å². The highest BCUT2D eigenvalue weighted by Gasteiger charge is 2.25. The van der Waals surface area contributed by atoms with Gasteiger partial charge in [-0.25, -0.2) is 4.72 Å². The summed E-state index contributed by atoms with van der Waals surface area (Å²) in [5.74, 6) is 0. The molecular weight excluding hydrogens is 264 g/mol. The van der Waals surface area contributed by atoms with Gasteiger partial charge in [0.15, 0.2) is 0 Å². The van der Waals surface area contributed by atoms with Gasteiger partial charge >= 0.3 is 0 Å². The van der Waals surface area contributed by atoms with Crippen LogP contribution >= 0.6 is 0 Å². The van der Waals surface area contributed by atoms with Gasteiger partial charge in [-0.15, -0.1) is 0 Å². The third-order valence-corrected chi connectivity index (χ3v) is 4.87. The highest BCUT2D eigenvalue weighted by atomic mass is 32.2. The third-order valence-electron chi connectivity index (χ3n) is 3.30. The lowest BCUT2D eigenvalue weighted by Crippen LogP contribution is -2.43. The second-order valence-corrected chi connectivity index (χ2v) is 6.44. The standard InChI is InChI=1S/C13H20N2O3S/c16-10-4-3-8-14-19(17,18)15-9-7-12-5-1-2-6-13(12)11-15/h1-2,5-6,14,16H,3-4,7-11H2. The SMILES string of the molecule is O=S(=O)(NCCCCO)N1CCc2ccccc2C1. The lowest BCUT2D eigenvalue weighted by molar-refractivity contribution is 0.284. The minimum Gasteiger partial charge on any atom is -0.396 e. The number of nitrogens with one attached hydrogen (secondary N) is 1. The molecule has 19 heavy (non-hydrogen) atoms. The molecule has 0 atom stereocenters. The van der Waals surface area contributed by atoms with Crippen molar-refractivity contribution >= 4 is 10.2 Å². The number of benzene rings is 1. The van der Waals surface area contributed by atoms with E-state index in [0.29, 0.717) is 32.5 Å². The van der Waals surface area contributed by atoms with Crippen LogP contribution in [0.4, 0.5) is 0 Å². The van der Waals surface area contributed by atoms with Gasteiger partial charge in [0, 0.05) is 26.2 Å². The molecule has 0 saturated heterocycles. The van der Waals surface area contributed by atoms with Crippen molar-refractivity contribution in [2.24, 2.45) is 0 Å². The molecule has 1 aromatic carbocycles. The Hall–Kier alpha value is -0.950. The van der Waals surface area contributed by atoms with E-state index >= 15 is 0 Å². The van der Waals surface area contributed by atoms with Gasteiger partial charge in [0.1, 0.15) is 0 Å². The minimum atomic E-state index is -3.40. The third kappa shape index (κ3) is 3.76. The van der Waals surface area contributed by atoms with Gasteiger partial charge in [-0.05, 0) is 30.4 Å². The van der Waals surface area contributed by atoms with Crippen LogP contribution in [0.15, 0.2) is 24.3 Å². The topological polar surface area (TPSA) is 69.6 Å². The van der Waals surface area contributed by atoms with Crippen molar-refractivity contribution in [1.29, 1.82) is 0 Å². The lowest BCUT2D eigenvalue weighted by Gasteiger charge is -2.28. The zero-order valence-electron chi connectivity index (χ0n) is 10.9. The first-order chi connectivity index (χ1) is 9.13. The number of nitrogens with zero attached hydrogens (tertiary/aromatic N) is 1. The van der Waals surface area contributed by atoms with Gasteiger partial charge in [0.2, 0.25) is 0 Å². The Morgan fingerprint density at radius 1 is 1.21 bits per heavy atom. The highest BCUT2D eigenvalue weighted by Crippen LogP contribution is 2.20. The van der Waals surface area contributed by atoms with Crippen LogP contribution < -0.4 is 4.72 Å². The first-order valence-corrected chi connectivity index (χ1v) is 8.00. The second-order valence-electron chi connectivity index (χ2n) is 4.68. The van der Waals surface area contributed by atoms with Crippen molar-refractivity contribution in [3.63, 3.8) is 0 Å². The quantitative estimate of drug-likeness (QED) is 0.754. The van der Waals surface area contributed by atoms with E-state index < -0.39 is 10.2 Å². The Balaban J connectivity index is 1.96. The number of aliphatic hydroxyl groups is 1. The van der Waals surface area contributed by atoms with Crippen molar-refractivity contribution in [3.8, 4) is 0 Å². The van der Waals surface area contributed by atoms with Crippen molar-refractivity contribution in [2.45, 2.75) is 25.8 Å². The summed E-state index contributed by atoms with van der Waals surface area (Å²) in [4.78, 5) is 0. The summed E-state index contributed by atoms with van der Waals surface area (Å²) in [7, 11) is -3.40. The Morgan fingerprint density at radius 2 is 1.95 bits per heavy atom. The maximum absolute atomic E-state index is 12.1. The molecule has 0 radical (unpaired) electrons. The molecule has 1 aromatic rings. The Labute approximate surface area is 114 Å². The molecule has 0 amide bonds. The predicted molar refractivity (Wildman–Crippen MR) is 73.8 cm³/mol. The molecule has 0 bridgehead atoms. The van der Waals surface area contributed by atoms with Crippen molar-refractivity contribution in [1.82, 2.24) is 9.03 Å². The summed E-state index contributed by atoms with van der Waals surface area (Å²) >= 11 is 0. The highest BCUT2D eigenvalue weighted by molar-refractivity contribution is 7.87. The van der Waals surface area contributed by atoms with E-state index in [9.17, 15) is 8.42 Å². The monoisotopic (exact) mass is 284 g/mol. The van der Waals surface area contributed by atoms with E-state index in [4.69, 9.17) is 5.11 Å². The summed E-state index contributed by atoms with van der Waals surface area (Å²) < 4.78 is 28.3. The fourth-order valence-electron chi connectivity index (χ4n) is 2.20. The fraction of sp³-hybridized carbons (Fsp3) is 0.538. The van der Waals surface area contributed by atoms with Crippen LogP contribution in [0.2, 0.25) is 0 Å². The lowest BCUT2D eigenvalue weighted by atomic mass is 10.0. The van der Waals surface area contributed by atoms with Gasteiger partial charge in [-0.1, -0.05) is 24.3 Å². The molecule has 0 fully saturated rings. The van der Waals surface area contributed by atoms with Crippen molar-refractivity contribution in [3.05, 3.63) is 35.4 Å². The van der Waals surface area contributed by atoms with Crippen LogP contribution in [0, 0.1) is 0 Å². The Bertz CT molecular complexity index is 516. The molecule has 1 heterocycles. The van der Waals surface area contributed by atoms with E-state index in [-0.39, 0.29) is 6.61 Å². The number of fused-ring (bicyclic) bond motifs is 1. The Kier molecular flexibility index (Phi) is 4.93. The van der Waals surface area contributed by atoms with Gasteiger partial charge in [0.25, 0.3) is 10.2 Å². The second kappa shape index (κ2) is 6.47. The molecule has 2 rings (SSSR count).